The van der Waals surface area contributed by atoms with Crippen molar-refractivity contribution in [3.05, 3.63) is 164 Å². The molecule has 0 saturated carbocycles. The summed E-state index contributed by atoms with van der Waals surface area (Å²) in [6.45, 7) is 12.6. The highest BCUT2D eigenvalue weighted by molar-refractivity contribution is 7.17. The van der Waals surface area contributed by atoms with Crippen molar-refractivity contribution < 1.29 is 28.5 Å². The fourth-order valence-electron chi connectivity index (χ4n) is 12.4. The zero-order valence-electron chi connectivity index (χ0n) is 52.4. The summed E-state index contributed by atoms with van der Waals surface area (Å²) in [4.78, 5) is 61.8. The second kappa shape index (κ2) is 31.7. The SMILES string of the molecule is O=C(CCCCc1cn(CCCCn2cc(CCCCC(=O)OCn3c(=O)ccc4ccc(OCCCCN5CCN(c6cccc7sccc67)CC5)cc43)nn2)nn1)OCn1c(=O)ccc2ccc(OCCCCN3CCN(c4cccc5sccc45)CC3)cc21. The van der Waals surface area contributed by atoms with Crippen LogP contribution >= 0.6 is 22.7 Å². The fourth-order valence-corrected chi connectivity index (χ4v) is 14.0. The predicted molar refractivity (Wildman–Crippen MR) is 363 cm³/mol. The molecule has 20 nitrogen and oxygen atoms in total. The Kier molecular flexibility index (Phi) is 22.0. The minimum atomic E-state index is -0.362. The van der Waals surface area contributed by atoms with Crippen molar-refractivity contribution in [2.45, 2.75) is 116 Å². The van der Waals surface area contributed by atoms with E-state index in [1.165, 1.54) is 52.8 Å². The van der Waals surface area contributed by atoms with Crippen LogP contribution in [-0.2, 0) is 58.5 Å². The number of esters is 2. The molecule has 6 aromatic heterocycles. The minimum absolute atomic E-state index is 0.171. The number of hydrogen-bond acceptors (Lipinski definition) is 18. The van der Waals surface area contributed by atoms with Gasteiger partial charge in [0.25, 0.3) is 11.1 Å². The highest BCUT2D eigenvalue weighted by Gasteiger charge is 2.21. The Labute approximate surface area is 543 Å². The molecular formula is C70H82N12O8S2. The fraction of sp³-hybridized carbons (Fsp3) is 0.429. The van der Waals surface area contributed by atoms with Gasteiger partial charge in [0.2, 0.25) is 0 Å². The molecule has 2 fully saturated rings. The van der Waals surface area contributed by atoms with Crippen LogP contribution in [0.3, 0.4) is 0 Å². The molecule has 0 amide bonds. The van der Waals surface area contributed by atoms with Crippen LogP contribution in [0.5, 0.6) is 11.5 Å². The lowest BCUT2D eigenvalue weighted by molar-refractivity contribution is -0.148. The number of ether oxygens (including phenoxy) is 4. The lowest BCUT2D eigenvalue weighted by Crippen LogP contribution is -2.46. The van der Waals surface area contributed by atoms with E-state index < -0.39 is 0 Å². The number of carbonyl (C=O) groups is 2. The highest BCUT2D eigenvalue weighted by Crippen LogP contribution is 2.33. The van der Waals surface area contributed by atoms with Gasteiger partial charge in [0.05, 0.1) is 35.6 Å². The van der Waals surface area contributed by atoms with E-state index >= 15 is 0 Å². The summed E-state index contributed by atoms with van der Waals surface area (Å²) in [6, 6.07) is 35.6. The molecule has 482 valence electrons. The molecule has 0 unspecified atom stereocenters. The first-order chi connectivity index (χ1) is 45.2. The molecule has 8 heterocycles. The van der Waals surface area contributed by atoms with E-state index in [4.69, 9.17) is 18.9 Å². The number of piperazine rings is 2. The van der Waals surface area contributed by atoms with E-state index in [1.807, 2.05) is 58.2 Å². The Morgan fingerprint density at radius 3 is 1.35 bits per heavy atom. The standard InChI is InChI=1S/C70H82N12O8S2/c83-67-27-23-53-21-25-57(87-43-9-7-31-75-35-39-77(40-36-75)61-15-11-17-65-59(61)29-45-91-65)47-63(53)81(67)51-89-69(85)19-3-1-13-55-49-79(73-71-55)33-5-6-34-80-50-56(72-74-80)14-2-4-20-70(86)90-52-82-64-48-58(26-22-54(64)24-28-68(82)84)88-44-10-8-32-76-37-41-78(42-38-76)62-16-12-18-66-60(62)30-46-92-66/h11-12,15-18,21-30,45-50H,1-10,13-14,19-20,31-44,51-52H2. The summed E-state index contributed by atoms with van der Waals surface area (Å²) in [5.41, 5.74) is 5.25. The van der Waals surface area contributed by atoms with Gasteiger partial charge in [0.1, 0.15) is 11.5 Å². The molecule has 0 bridgehead atoms. The van der Waals surface area contributed by atoms with Crippen LogP contribution < -0.4 is 30.4 Å². The van der Waals surface area contributed by atoms with Crippen molar-refractivity contribution in [3.8, 4) is 11.5 Å². The van der Waals surface area contributed by atoms with Crippen molar-refractivity contribution in [2.24, 2.45) is 0 Å². The van der Waals surface area contributed by atoms with Gasteiger partial charge in [0, 0.05) is 146 Å². The van der Waals surface area contributed by atoms with Crippen LogP contribution in [0.2, 0.25) is 0 Å². The molecule has 10 aromatic rings. The molecule has 12 rings (SSSR count). The van der Waals surface area contributed by atoms with Gasteiger partial charge in [-0.3, -0.25) is 47.5 Å². The molecule has 0 atom stereocenters. The Bertz CT molecular complexity index is 3910. The molecule has 22 heteroatoms. The number of fused-ring (bicyclic) bond motifs is 4. The van der Waals surface area contributed by atoms with Gasteiger partial charge in [-0.15, -0.1) is 32.9 Å². The van der Waals surface area contributed by atoms with E-state index in [2.05, 4.69) is 99.5 Å². The monoisotopic (exact) mass is 1280 g/mol. The second-order valence-electron chi connectivity index (χ2n) is 24.0. The molecule has 2 saturated heterocycles. The maximum atomic E-state index is 13.0. The summed E-state index contributed by atoms with van der Waals surface area (Å²) in [7, 11) is 0. The Morgan fingerprint density at radius 1 is 0.457 bits per heavy atom. The number of rotatable bonds is 33. The molecule has 2 aliphatic heterocycles. The van der Waals surface area contributed by atoms with E-state index in [9.17, 15) is 19.2 Å². The van der Waals surface area contributed by atoms with Crippen molar-refractivity contribution in [1.29, 1.82) is 0 Å². The predicted octanol–water partition coefficient (Wildman–Crippen LogP) is 11.2. The third-order valence-corrected chi connectivity index (χ3v) is 19.4. The van der Waals surface area contributed by atoms with Crippen molar-refractivity contribution in [1.82, 2.24) is 48.9 Å². The molecule has 92 heavy (non-hydrogen) atoms. The molecule has 2 aliphatic rings. The van der Waals surface area contributed by atoms with Crippen LogP contribution in [0, 0.1) is 0 Å². The van der Waals surface area contributed by atoms with Gasteiger partial charge in [-0.1, -0.05) is 22.6 Å². The number of unbranched alkanes of at least 4 members (excludes halogenated alkanes) is 5. The average molecular weight is 1280 g/mol. The summed E-state index contributed by atoms with van der Waals surface area (Å²) in [6.07, 6.45) is 14.1. The van der Waals surface area contributed by atoms with Crippen molar-refractivity contribution >= 4 is 88.0 Å². The summed E-state index contributed by atoms with van der Waals surface area (Å²) >= 11 is 3.59. The Hall–Kier alpha value is -8.44. The quantitative estimate of drug-likeness (QED) is 0.0279. The Morgan fingerprint density at radius 2 is 0.891 bits per heavy atom. The zero-order chi connectivity index (χ0) is 62.9. The average Bonchev–Trinajstić information content (AvgIpc) is 1.37. The van der Waals surface area contributed by atoms with Crippen molar-refractivity contribution in [2.75, 3.05) is 88.5 Å². The number of thiophene rings is 2. The smallest absolute Gasteiger partial charge is 0.307 e. The van der Waals surface area contributed by atoms with E-state index in [0.717, 1.165) is 139 Å². The number of nitrogens with zero attached hydrogens (tertiary/aromatic N) is 12. The second-order valence-corrected chi connectivity index (χ2v) is 25.9. The largest absolute Gasteiger partial charge is 0.494 e. The molecule has 0 radical (unpaired) electrons. The van der Waals surface area contributed by atoms with Crippen LogP contribution in [0.25, 0.3) is 42.0 Å². The highest BCUT2D eigenvalue weighted by atomic mass is 32.1. The van der Waals surface area contributed by atoms with E-state index in [0.29, 0.717) is 74.5 Å². The minimum Gasteiger partial charge on any atom is -0.494 e. The first-order valence-electron chi connectivity index (χ1n) is 32.7. The molecule has 4 aromatic carbocycles. The Balaban J connectivity index is 0.482. The lowest BCUT2D eigenvalue weighted by Gasteiger charge is -2.36. The maximum absolute atomic E-state index is 13.0. The normalized spacial score (nSPS) is 14.1. The van der Waals surface area contributed by atoms with E-state index in [-0.39, 0.29) is 49.4 Å². The van der Waals surface area contributed by atoms with Crippen LogP contribution in [0.4, 0.5) is 11.4 Å². The van der Waals surface area contributed by atoms with Crippen LogP contribution in [-0.4, -0.2) is 140 Å². The van der Waals surface area contributed by atoms with Crippen molar-refractivity contribution in [3.63, 3.8) is 0 Å². The van der Waals surface area contributed by atoms with Crippen LogP contribution in [0.15, 0.2) is 142 Å². The topological polar surface area (TPSA) is 189 Å². The van der Waals surface area contributed by atoms with Gasteiger partial charge >= 0.3 is 11.9 Å². The summed E-state index contributed by atoms with van der Waals surface area (Å²) in [5, 5.41) is 26.1. The number of anilines is 2. The lowest BCUT2D eigenvalue weighted by atomic mass is 10.1. The van der Waals surface area contributed by atoms with Gasteiger partial charge in [-0.05, 0) is 184 Å². The van der Waals surface area contributed by atoms with Crippen LogP contribution in [0.1, 0.15) is 88.4 Å². The van der Waals surface area contributed by atoms with Gasteiger partial charge in [0.15, 0.2) is 13.5 Å². The summed E-state index contributed by atoms with van der Waals surface area (Å²) in [5.74, 6) is 0.637. The number of aryl methyl sites for hydroxylation is 4. The number of aromatic nitrogens is 8. The molecular weight excluding hydrogens is 1200 g/mol. The zero-order valence-corrected chi connectivity index (χ0v) is 54.0. The maximum Gasteiger partial charge on any atom is 0.307 e. The molecule has 0 aliphatic carbocycles. The van der Waals surface area contributed by atoms with Gasteiger partial charge < -0.3 is 28.7 Å². The number of carbonyl (C=O) groups excluding carboxylic acids is 2. The molecule has 0 spiro atoms. The number of pyridine rings is 2. The van der Waals surface area contributed by atoms with Gasteiger partial charge in [-0.25, -0.2) is 0 Å². The summed E-state index contributed by atoms with van der Waals surface area (Å²) < 4.78 is 32.9. The van der Waals surface area contributed by atoms with Gasteiger partial charge in [-0.2, -0.15) is 0 Å². The first kappa shape index (κ1) is 63.7. The first-order valence-corrected chi connectivity index (χ1v) is 34.5. The number of hydrogen-bond donors (Lipinski definition) is 0. The number of benzene rings is 4. The third kappa shape index (κ3) is 17.0. The third-order valence-electron chi connectivity index (χ3n) is 17.6. The molecule has 0 N–H and O–H groups in total. The van der Waals surface area contributed by atoms with E-state index in [1.54, 1.807) is 34.8 Å².